The maximum Gasteiger partial charge on any atom is 0.148 e. The summed E-state index contributed by atoms with van der Waals surface area (Å²) < 4.78 is 2.00. The normalized spacial score (nSPS) is 16.2. The van der Waals surface area contributed by atoms with Crippen molar-refractivity contribution >= 4 is 11.5 Å². The number of hydrogen-bond donors (Lipinski definition) is 2. The van der Waals surface area contributed by atoms with Crippen LogP contribution in [0.5, 0.6) is 0 Å². The summed E-state index contributed by atoms with van der Waals surface area (Å²) >= 11 is 0. The lowest BCUT2D eigenvalue weighted by Crippen LogP contribution is -2.33. The molecular formula is C15H29N5. The van der Waals surface area contributed by atoms with Crippen LogP contribution in [0.1, 0.15) is 44.7 Å². The van der Waals surface area contributed by atoms with E-state index >= 15 is 0 Å². The number of hydrogen-bond acceptors (Lipinski definition) is 4. The summed E-state index contributed by atoms with van der Waals surface area (Å²) in [6.45, 7) is 7.02. The summed E-state index contributed by atoms with van der Waals surface area (Å²) in [5.41, 5.74) is 7.83. The van der Waals surface area contributed by atoms with Crippen LogP contribution in [0.2, 0.25) is 0 Å². The Kier molecular flexibility index (Phi) is 5.29. The molecule has 0 aromatic carbocycles. The molecule has 1 saturated carbocycles. The number of nitrogen functional groups attached to an aromatic ring is 1. The van der Waals surface area contributed by atoms with Crippen LogP contribution in [0.4, 0.5) is 11.5 Å². The molecule has 114 valence electrons. The van der Waals surface area contributed by atoms with Gasteiger partial charge in [-0.05, 0) is 33.2 Å². The van der Waals surface area contributed by atoms with Crippen molar-refractivity contribution < 1.29 is 0 Å². The average molecular weight is 279 g/mol. The largest absolute Gasteiger partial charge is 0.394 e. The molecule has 0 saturated heterocycles. The zero-order chi connectivity index (χ0) is 14.5. The lowest BCUT2D eigenvalue weighted by molar-refractivity contribution is 0.254. The number of rotatable bonds is 7. The number of nitrogens with zero attached hydrogens (tertiary/aromatic N) is 3. The summed E-state index contributed by atoms with van der Waals surface area (Å²) in [5.74, 6) is 0.990. The number of anilines is 2. The van der Waals surface area contributed by atoms with E-state index in [1.807, 2.05) is 11.6 Å². The minimum atomic E-state index is 0.774. The van der Waals surface area contributed by atoms with Crippen molar-refractivity contribution in [2.75, 3.05) is 31.2 Å². The SMILES string of the molecule is CCCn1nc(C)c(N)c1NCCN(C)C1CCCC1. The van der Waals surface area contributed by atoms with E-state index in [2.05, 4.69) is 29.3 Å². The Morgan fingerprint density at radius 2 is 2.10 bits per heavy atom. The number of likely N-dealkylation sites (N-methyl/N-ethyl adjacent to an activating group) is 1. The van der Waals surface area contributed by atoms with Gasteiger partial charge in [-0.25, -0.2) is 4.68 Å². The number of aromatic nitrogens is 2. The zero-order valence-corrected chi connectivity index (χ0v) is 13.2. The van der Waals surface area contributed by atoms with E-state index in [-0.39, 0.29) is 0 Å². The molecule has 0 radical (unpaired) electrons. The van der Waals surface area contributed by atoms with E-state index in [1.54, 1.807) is 0 Å². The van der Waals surface area contributed by atoms with Crippen LogP contribution in [0, 0.1) is 6.92 Å². The van der Waals surface area contributed by atoms with Gasteiger partial charge in [0.25, 0.3) is 0 Å². The van der Waals surface area contributed by atoms with Crippen LogP contribution in [-0.4, -0.2) is 40.9 Å². The summed E-state index contributed by atoms with van der Waals surface area (Å²) in [6, 6.07) is 0.774. The molecule has 2 rings (SSSR count). The molecule has 0 aliphatic heterocycles. The Morgan fingerprint density at radius 1 is 1.40 bits per heavy atom. The minimum Gasteiger partial charge on any atom is -0.394 e. The van der Waals surface area contributed by atoms with Gasteiger partial charge in [-0.3, -0.25) is 0 Å². The van der Waals surface area contributed by atoms with Crippen LogP contribution in [0.25, 0.3) is 0 Å². The van der Waals surface area contributed by atoms with Crippen LogP contribution in [-0.2, 0) is 6.54 Å². The van der Waals surface area contributed by atoms with Crippen LogP contribution in [0.3, 0.4) is 0 Å². The van der Waals surface area contributed by atoms with E-state index in [0.29, 0.717) is 0 Å². The second-order valence-corrected chi connectivity index (χ2v) is 5.92. The second-order valence-electron chi connectivity index (χ2n) is 5.92. The third kappa shape index (κ3) is 3.45. The van der Waals surface area contributed by atoms with Gasteiger partial charge in [0, 0.05) is 25.7 Å². The number of nitrogens with two attached hydrogens (primary N) is 1. The summed E-state index contributed by atoms with van der Waals surface area (Å²) in [6.07, 6.45) is 6.55. The first-order chi connectivity index (χ1) is 9.63. The van der Waals surface area contributed by atoms with Gasteiger partial charge in [0.15, 0.2) is 0 Å². The molecule has 20 heavy (non-hydrogen) atoms. The molecule has 5 heteroatoms. The second kappa shape index (κ2) is 6.97. The maximum absolute atomic E-state index is 6.11. The molecule has 1 heterocycles. The maximum atomic E-state index is 6.11. The Morgan fingerprint density at radius 3 is 2.75 bits per heavy atom. The zero-order valence-electron chi connectivity index (χ0n) is 13.2. The van der Waals surface area contributed by atoms with Crippen molar-refractivity contribution in [3.8, 4) is 0 Å². The minimum absolute atomic E-state index is 0.774. The molecule has 1 aliphatic carbocycles. The van der Waals surface area contributed by atoms with Crippen molar-refractivity contribution in [2.45, 2.75) is 58.5 Å². The standard InChI is InChI=1S/C15H29N5/c1-4-10-20-15(14(16)12(2)18-20)17-9-11-19(3)13-7-5-6-8-13/h13,17H,4-11,16H2,1-3H3. The molecule has 1 aromatic rings. The average Bonchev–Trinajstić information content (AvgIpc) is 3.03. The summed E-state index contributed by atoms with van der Waals surface area (Å²) in [7, 11) is 2.23. The van der Waals surface area contributed by atoms with Gasteiger partial charge in [-0.15, -0.1) is 0 Å². The van der Waals surface area contributed by atoms with Gasteiger partial charge in [0.05, 0.1) is 11.4 Å². The molecule has 3 N–H and O–H groups in total. The predicted octanol–water partition coefficient (Wildman–Crippen LogP) is 2.47. The van der Waals surface area contributed by atoms with Gasteiger partial charge < -0.3 is 16.0 Å². The third-order valence-electron chi connectivity index (χ3n) is 4.31. The predicted molar refractivity (Wildman–Crippen MR) is 85.0 cm³/mol. The molecule has 0 bridgehead atoms. The van der Waals surface area contributed by atoms with E-state index in [1.165, 1.54) is 25.7 Å². The molecule has 1 fully saturated rings. The molecule has 0 unspecified atom stereocenters. The highest BCUT2D eigenvalue weighted by Gasteiger charge is 2.19. The Labute approximate surface area is 122 Å². The molecular weight excluding hydrogens is 250 g/mol. The van der Waals surface area contributed by atoms with Crippen molar-refractivity contribution in [2.24, 2.45) is 0 Å². The first-order valence-corrected chi connectivity index (χ1v) is 7.90. The highest BCUT2D eigenvalue weighted by atomic mass is 15.3. The van der Waals surface area contributed by atoms with Crippen LogP contribution < -0.4 is 11.1 Å². The molecule has 0 amide bonds. The lowest BCUT2D eigenvalue weighted by Gasteiger charge is -2.24. The van der Waals surface area contributed by atoms with Crippen molar-refractivity contribution in [3.05, 3.63) is 5.69 Å². The van der Waals surface area contributed by atoms with Gasteiger partial charge in [-0.1, -0.05) is 19.8 Å². The first kappa shape index (κ1) is 15.2. The fraction of sp³-hybridized carbons (Fsp3) is 0.800. The van der Waals surface area contributed by atoms with Gasteiger partial charge in [-0.2, -0.15) is 5.10 Å². The monoisotopic (exact) mass is 279 g/mol. The van der Waals surface area contributed by atoms with Gasteiger partial charge >= 0.3 is 0 Å². The fourth-order valence-corrected chi connectivity index (χ4v) is 3.03. The number of aryl methyl sites for hydroxylation is 2. The Bertz CT molecular complexity index is 420. The molecule has 0 atom stereocenters. The van der Waals surface area contributed by atoms with E-state index in [0.717, 1.165) is 49.3 Å². The molecule has 0 spiro atoms. The molecule has 1 aromatic heterocycles. The smallest absolute Gasteiger partial charge is 0.148 e. The third-order valence-corrected chi connectivity index (χ3v) is 4.31. The van der Waals surface area contributed by atoms with Crippen molar-refractivity contribution in [1.82, 2.24) is 14.7 Å². The highest BCUT2D eigenvalue weighted by Crippen LogP contribution is 2.23. The highest BCUT2D eigenvalue weighted by molar-refractivity contribution is 5.64. The van der Waals surface area contributed by atoms with Crippen LogP contribution in [0.15, 0.2) is 0 Å². The van der Waals surface area contributed by atoms with Crippen molar-refractivity contribution in [1.29, 1.82) is 0 Å². The Hall–Kier alpha value is -1.23. The first-order valence-electron chi connectivity index (χ1n) is 7.90. The molecule has 1 aliphatic rings. The van der Waals surface area contributed by atoms with Crippen molar-refractivity contribution in [3.63, 3.8) is 0 Å². The van der Waals surface area contributed by atoms with Gasteiger partial charge in [0.1, 0.15) is 5.82 Å². The van der Waals surface area contributed by atoms with E-state index in [9.17, 15) is 0 Å². The summed E-state index contributed by atoms with van der Waals surface area (Å²) in [5, 5.41) is 7.97. The van der Waals surface area contributed by atoms with E-state index < -0.39 is 0 Å². The molecule has 5 nitrogen and oxygen atoms in total. The lowest BCUT2D eigenvalue weighted by atomic mass is 10.2. The quantitative estimate of drug-likeness (QED) is 0.805. The summed E-state index contributed by atoms with van der Waals surface area (Å²) in [4.78, 5) is 2.48. The van der Waals surface area contributed by atoms with Crippen LogP contribution >= 0.6 is 0 Å². The number of nitrogens with one attached hydrogen (secondary N) is 1. The van der Waals surface area contributed by atoms with Gasteiger partial charge in [0.2, 0.25) is 0 Å². The fourth-order valence-electron chi connectivity index (χ4n) is 3.03. The van der Waals surface area contributed by atoms with E-state index in [4.69, 9.17) is 5.73 Å². The topological polar surface area (TPSA) is 59.1 Å². The Balaban J connectivity index is 1.86.